The smallest absolute Gasteiger partial charge is 0.119 e. The van der Waals surface area contributed by atoms with Crippen LogP contribution in [-0.2, 0) is 0 Å². The van der Waals surface area contributed by atoms with E-state index in [-0.39, 0.29) is 6.04 Å². The third kappa shape index (κ3) is 4.48. The first kappa shape index (κ1) is 15.8. The van der Waals surface area contributed by atoms with Crippen LogP contribution in [0.3, 0.4) is 0 Å². The summed E-state index contributed by atoms with van der Waals surface area (Å²) in [6, 6.07) is 9.73. The minimum atomic E-state index is 0.194. The molecule has 0 aliphatic carbocycles. The van der Waals surface area contributed by atoms with E-state index in [1.807, 2.05) is 24.3 Å². The highest BCUT2D eigenvalue weighted by atomic mass is 79.9. The molecule has 20 heavy (non-hydrogen) atoms. The molecule has 5 heteroatoms. The maximum Gasteiger partial charge on any atom is 0.119 e. The van der Waals surface area contributed by atoms with Gasteiger partial charge in [0.05, 0.1) is 6.04 Å². The molecule has 0 aliphatic rings. The summed E-state index contributed by atoms with van der Waals surface area (Å²) in [5, 5.41) is 6.33. The second kappa shape index (κ2) is 8.03. The molecule has 1 aromatic carbocycles. The van der Waals surface area contributed by atoms with Crippen LogP contribution in [0.5, 0.6) is 5.75 Å². The lowest BCUT2D eigenvalue weighted by Crippen LogP contribution is -2.27. The van der Waals surface area contributed by atoms with Gasteiger partial charge in [-0.3, -0.25) is 0 Å². The summed E-state index contributed by atoms with van der Waals surface area (Å²) in [6.07, 6.45) is 1.10. The maximum absolute atomic E-state index is 5.87. The van der Waals surface area contributed by atoms with Gasteiger partial charge >= 0.3 is 0 Å². The predicted molar refractivity (Wildman–Crippen MR) is 90.0 cm³/mol. The second-order valence-corrected chi connectivity index (χ2v) is 6.64. The number of benzene rings is 1. The van der Waals surface area contributed by atoms with E-state index in [4.69, 9.17) is 16.3 Å². The lowest BCUT2D eigenvalue weighted by Gasteiger charge is -2.18. The molecule has 1 N–H and O–H groups in total. The minimum absolute atomic E-state index is 0.194. The van der Waals surface area contributed by atoms with Gasteiger partial charge in [0, 0.05) is 14.4 Å². The Hall–Kier alpha value is -0.550. The molecule has 0 saturated heterocycles. The molecule has 0 saturated carbocycles. The van der Waals surface area contributed by atoms with Crippen LogP contribution in [0.2, 0.25) is 5.02 Å². The molecule has 108 valence electrons. The fourth-order valence-corrected chi connectivity index (χ4v) is 3.65. The highest BCUT2D eigenvalue weighted by molar-refractivity contribution is 9.10. The van der Waals surface area contributed by atoms with Crippen LogP contribution in [-0.4, -0.2) is 13.2 Å². The molecule has 0 radical (unpaired) electrons. The Morgan fingerprint density at radius 3 is 2.65 bits per heavy atom. The van der Waals surface area contributed by atoms with Crippen molar-refractivity contribution in [2.24, 2.45) is 0 Å². The Balaban J connectivity index is 2.01. The number of hydrogen-bond donors (Lipinski definition) is 1. The third-order valence-electron chi connectivity index (χ3n) is 2.83. The molecule has 0 bridgehead atoms. The van der Waals surface area contributed by atoms with Gasteiger partial charge in [-0.25, -0.2) is 0 Å². The highest BCUT2D eigenvalue weighted by Gasteiger charge is 2.16. The predicted octanol–water partition coefficient (Wildman–Crippen LogP) is 5.28. The zero-order valence-corrected chi connectivity index (χ0v) is 14.4. The van der Waals surface area contributed by atoms with E-state index in [1.54, 1.807) is 11.3 Å². The van der Waals surface area contributed by atoms with Crippen LogP contribution in [0.1, 0.15) is 24.3 Å². The fraction of sp³-hybridized carbons (Fsp3) is 0.333. The largest absolute Gasteiger partial charge is 0.492 e. The van der Waals surface area contributed by atoms with Gasteiger partial charge in [0.25, 0.3) is 0 Å². The zero-order chi connectivity index (χ0) is 14.4. The zero-order valence-electron chi connectivity index (χ0n) is 11.2. The van der Waals surface area contributed by atoms with Gasteiger partial charge in [-0.05, 0) is 64.6 Å². The molecule has 0 fully saturated rings. The normalized spacial score (nSPS) is 12.3. The van der Waals surface area contributed by atoms with Gasteiger partial charge in [-0.1, -0.05) is 18.5 Å². The van der Waals surface area contributed by atoms with E-state index in [9.17, 15) is 0 Å². The monoisotopic (exact) mass is 373 g/mol. The molecule has 1 unspecified atom stereocenters. The van der Waals surface area contributed by atoms with Crippen molar-refractivity contribution in [1.82, 2.24) is 5.32 Å². The SMILES string of the molecule is CCCNC(COc1ccc(Cl)cc1)c1sccc1Br. The van der Waals surface area contributed by atoms with E-state index in [0.29, 0.717) is 6.61 Å². The molecule has 2 rings (SSSR count). The van der Waals surface area contributed by atoms with Gasteiger partial charge < -0.3 is 10.1 Å². The van der Waals surface area contributed by atoms with E-state index >= 15 is 0 Å². The van der Waals surface area contributed by atoms with Crippen molar-refractivity contribution < 1.29 is 4.74 Å². The van der Waals surface area contributed by atoms with Crippen molar-refractivity contribution in [3.8, 4) is 5.75 Å². The summed E-state index contributed by atoms with van der Waals surface area (Å²) in [5.41, 5.74) is 0. The van der Waals surface area contributed by atoms with Gasteiger partial charge in [0.2, 0.25) is 0 Å². The molecule has 0 amide bonds. The number of thiophene rings is 1. The van der Waals surface area contributed by atoms with Gasteiger partial charge in [-0.2, -0.15) is 0 Å². The molecule has 2 nitrogen and oxygen atoms in total. The van der Waals surface area contributed by atoms with Gasteiger partial charge in [-0.15, -0.1) is 11.3 Å². The van der Waals surface area contributed by atoms with Crippen molar-refractivity contribution in [1.29, 1.82) is 0 Å². The van der Waals surface area contributed by atoms with Crippen molar-refractivity contribution >= 4 is 38.9 Å². The van der Waals surface area contributed by atoms with Crippen molar-refractivity contribution in [3.63, 3.8) is 0 Å². The lowest BCUT2D eigenvalue weighted by atomic mass is 10.2. The first-order chi connectivity index (χ1) is 9.70. The summed E-state index contributed by atoms with van der Waals surface area (Å²) in [5.74, 6) is 0.838. The summed E-state index contributed by atoms with van der Waals surface area (Å²) >= 11 is 11.2. The standard InChI is InChI=1S/C15H17BrClNOS/c1-2-8-18-14(15-13(16)7-9-20-15)10-19-12-5-3-11(17)4-6-12/h3-7,9,14,18H,2,8,10H2,1H3. The van der Waals surface area contributed by atoms with Crippen molar-refractivity contribution in [3.05, 3.63) is 50.1 Å². The quantitative estimate of drug-likeness (QED) is 0.711. The Morgan fingerprint density at radius 2 is 2.05 bits per heavy atom. The molecular weight excluding hydrogens is 358 g/mol. The Morgan fingerprint density at radius 1 is 1.30 bits per heavy atom. The van der Waals surface area contributed by atoms with Crippen LogP contribution in [0.4, 0.5) is 0 Å². The van der Waals surface area contributed by atoms with E-state index < -0.39 is 0 Å². The van der Waals surface area contributed by atoms with Crippen LogP contribution in [0.15, 0.2) is 40.2 Å². The molecular formula is C15H17BrClNOS. The average Bonchev–Trinajstić information content (AvgIpc) is 2.87. The van der Waals surface area contributed by atoms with Crippen LogP contribution >= 0.6 is 38.9 Å². The van der Waals surface area contributed by atoms with E-state index in [0.717, 1.165) is 28.2 Å². The van der Waals surface area contributed by atoms with Gasteiger partial charge in [0.1, 0.15) is 12.4 Å². The van der Waals surface area contributed by atoms with Gasteiger partial charge in [0.15, 0.2) is 0 Å². The molecule has 0 aliphatic heterocycles. The first-order valence-electron chi connectivity index (χ1n) is 6.55. The molecule has 1 heterocycles. The number of hydrogen-bond acceptors (Lipinski definition) is 3. The van der Waals surface area contributed by atoms with Crippen LogP contribution < -0.4 is 10.1 Å². The summed E-state index contributed by atoms with van der Waals surface area (Å²) in [7, 11) is 0. The van der Waals surface area contributed by atoms with Crippen LogP contribution in [0.25, 0.3) is 0 Å². The highest BCUT2D eigenvalue weighted by Crippen LogP contribution is 2.29. The number of halogens is 2. The van der Waals surface area contributed by atoms with E-state index in [2.05, 4.69) is 39.6 Å². The molecule has 2 aromatic rings. The molecule has 1 aromatic heterocycles. The number of ether oxygens (including phenoxy) is 1. The van der Waals surface area contributed by atoms with Crippen molar-refractivity contribution in [2.45, 2.75) is 19.4 Å². The Kier molecular flexibility index (Phi) is 6.36. The van der Waals surface area contributed by atoms with E-state index in [1.165, 1.54) is 4.88 Å². The summed E-state index contributed by atoms with van der Waals surface area (Å²) in [4.78, 5) is 1.27. The fourth-order valence-electron chi connectivity index (χ4n) is 1.81. The number of rotatable bonds is 7. The minimum Gasteiger partial charge on any atom is -0.492 e. The topological polar surface area (TPSA) is 21.3 Å². The average molecular weight is 375 g/mol. The summed E-state index contributed by atoms with van der Waals surface area (Å²) < 4.78 is 7.00. The second-order valence-electron chi connectivity index (χ2n) is 4.40. The first-order valence-corrected chi connectivity index (χ1v) is 8.60. The molecule has 0 spiro atoms. The summed E-state index contributed by atoms with van der Waals surface area (Å²) in [6.45, 7) is 3.73. The number of nitrogens with one attached hydrogen (secondary N) is 1. The Labute approximate surface area is 137 Å². The lowest BCUT2D eigenvalue weighted by molar-refractivity contribution is 0.268. The third-order valence-corrected chi connectivity index (χ3v) is 5.07. The maximum atomic E-state index is 5.87. The Bertz CT molecular complexity index is 529. The van der Waals surface area contributed by atoms with Crippen molar-refractivity contribution in [2.75, 3.05) is 13.2 Å². The molecule has 1 atom stereocenters. The van der Waals surface area contributed by atoms with Crippen LogP contribution in [0, 0.1) is 0 Å².